The van der Waals surface area contributed by atoms with E-state index < -0.39 is 15.6 Å². The molecule has 2 aromatic carbocycles. The van der Waals surface area contributed by atoms with Crippen molar-refractivity contribution in [1.29, 1.82) is 0 Å². The van der Waals surface area contributed by atoms with Crippen LogP contribution >= 0.6 is 0 Å². The first kappa shape index (κ1) is 15.7. The summed E-state index contributed by atoms with van der Waals surface area (Å²) in [5, 5.41) is 9.67. The maximum Gasteiger partial charge on any atom is 0.241 e. The number of aliphatic hydroxyl groups excluding tert-OH is 1. The maximum atomic E-state index is 12.5. The van der Waals surface area contributed by atoms with E-state index in [2.05, 4.69) is 4.72 Å². The average molecular weight is 305 g/mol. The molecule has 21 heavy (non-hydrogen) atoms. The van der Waals surface area contributed by atoms with Gasteiger partial charge >= 0.3 is 0 Å². The third kappa shape index (κ3) is 3.50. The largest absolute Gasteiger partial charge is 0.394 e. The summed E-state index contributed by atoms with van der Waals surface area (Å²) in [6.45, 7) is 3.22. The van der Waals surface area contributed by atoms with Gasteiger partial charge < -0.3 is 5.11 Å². The van der Waals surface area contributed by atoms with Gasteiger partial charge in [0.15, 0.2) is 0 Å². The summed E-state index contributed by atoms with van der Waals surface area (Å²) in [4.78, 5) is 0.184. The second-order valence-electron chi connectivity index (χ2n) is 5.27. The Morgan fingerprint density at radius 2 is 1.62 bits per heavy atom. The molecule has 0 radical (unpaired) electrons. The molecule has 0 aliphatic carbocycles. The Hall–Kier alpha value is -1.69. The van der Waals surface area contributed by atoms with Crippen molar-refractivity contribution >= 4 is 10.0 Å². The molecule has 1 atom stereocenters. The Morgan fingerprint density at radius 3 is 2.14 bits per heavy atom. The predicted octanol–water partition coefficient (Wildman–Crippen LogP) is 2.18. The summed E-state index contributed by atoms with van der Waals surface area (Å²) >= 11 is 0. The Balaban J connectivity index is 2.35. The Kier molecular flexibility index (Phi) is 4.46. The quantitative estimate of drug-likeness (QED) is 0.890. The Morgan fingerprint density at radius 1 is 1.05 bits per heavy atom. The van der Waals surface area contributed by atoms with Gasteiger partial charge in [0.05, 0.1) is 17.0 Å². The minimum atomic E-state index is -3.70. The van der Waals surface area contributed by atoms with Gasteiger partial charge in [0.1, 0.15) is 0 Å². The number of aliphatic hydroxyl groups is 1. The van der Waals surface area contributed by atoms with Crippen LogP contribution in [0.1, 0.15) is 18.1 Å². The SMILES string of the molecule is Cc1ccc(S(=O)(=O)N[C@@](C)(CO)c2ccccc2)cc1. The van der Waals surface area contributed by atoms with E-state index in [9.17, 15) is 13.5 Å². The number of sulfonamides is 1. The second kappa shape index (κ2) is 5.97. The first-order valence-corrected chi connectivity index (χ1v) is 8.13. The van der Waals surface area contributed by atoms with Crippen LogP contribution < -0.4 is 4.72 Å². The monoisotopic (exact) mass is 305 g/mol. The molecule has 0 amide bonds. The molecule has 5 heteroatoms. The van der Waals surface area contributed by atoms with E-state index in [1.54, 1.807) is 43.3 Å². The topological polar surface area (TPSA) is 66.4 Å². The Bertz CT molecular complexity index is 696. The lowest BCUT2D eigenvalue weighted by Gasteiger charge is -2.29. The van der Waals surface area contributed by atoms with E-state index in [0.29, 0.717) is 5.56 Å². The van der Waals surface area contributed by atoms with E-state index in [1.165, 1.54) is 0 Å². The summed E-state index contributed by atoms with van der Waals surface area (Å²) in [5.74, 6) is 0. The number of aryl methyl sites for hydroxylation is 1. The van der Waals surface area contributed by atoms with Gasteiger partial charge in [0.2, 0.25) is 10.0 Å². The lowest BCUT2D eigenvalue weighted by Crippen LogP contribution is -2.46. The molecule has 112 valence electrons. The molecule has 0 fully saturated rings. The molecule has 2 rings (SSSR count). The Labute approximate surface area is 125 Å². The first-order chi connectivity index (χ1) is 9.87. The lowest BCUT2D eigenvalue weighted by atomic mass is 9.94. The summed E-state index contributed by atoms with van der Waals surface area (Å²) in [5.41, 5.74) is 0.635. The van der Waals surface area contributed by atoms with Crippen LogP contribution in [0.5, 0.6) is 0 Å². The highest BCUT2D eigenvalue weighted by Gasteiger charge is 2.31. The van der Waals surface area contributed by atoms with E-state index in [0.717, 1.165) is 5.56 Å². The fourth-order valence-electron chi connectivity index (χ4n) is 2.06. The average Bonchev–Trinajstić information content (AvgIpc) is 2.48. The van der Waals surface area contributed by atoms with Crippen molar-refractivity contribution in [3.63, 3.8) is 0 Å². The fraction of sp³-hybridized carbons (Fsp3) is 0.250. The molecular weight excluding hydrogens is 286 g/mol. The molecule has 0 aliphatic heterocycles. The molecule has 4 nitrogen and oxygen atoms in total. The van der Waals surface area contributed by atoms with Crippen molar-refractivity contribution in [2.24, 2.45) is 0 Å². The molecule has 2 aromatic rings. The number of hydrogen-bond donors (Lipinski definition) is 2. The van der Waals surface area contributed by atoms with Crippen LogP contribution in [0.3, 0.4) is 0 Å². The molecule has 0 saturated heterocycles. The van der Waals surface area contributed by atoms with Crippen LogP contribution in [-0.2, 0) is 15.6 Å². The van der Waals surface area contributed by atoms with Crippen molar-refractivity contribution in [2.75, 3.05) is 6.61 Å². The van der Waals surface area contributed by atoms with Gasteiger partial charge in [0.25, 0.3) is 0 Å². The molecule has 0 heterocycles. The van der Waals surface area contributed by atoms with E-state index in [-0.39, 0.29) is 11.5 Å². The molecule has 0 unspecified atom stereocenters. The summed E-state index contributed by atoms with van der Waals surface area (Å²) in [6.07, 6.45) is 0. The van der Waals surface area contributed by atoms with Gasteiger partial charge in [-0.2, -0.15) is 4.72 Å². The molecular formula is C16H19NO3S. The zero-order valence-corrected chi connectivity index (χ0v) is 12.9. The van der Waals surface area contributed by atoms with Gasteiger partial charge in [-0.05, 0) is 31.5 Å². The van der Waals surface area contributed by atoms with Crippen LogP contribution in [0.25, 0.3) is 0 Å². The van der Waals surface area contributed by atoms with Crippen LogP contribution in [0.4, 0.5) is 0 Å². The van der Waals surface area contributed by atoms with Gasteiger partial charge in [-0.25, -0.2) is 8.42 Å². The number of hydrogen-bond acceptors (Lipinski definition) is 3. The molecule has 0 aliphatic rings. The molecule has 0 spiro atoms. The van der Waals surface area contributed by atoms with E-state index in [4.69, 9.17) is 0 Å². The maximum absolute atomic E-state index is 12.5. The van der Waals surface area contributed by atoms with Crippen LogP contribution in [-0.4, -0.2) is 20.1 Å². The van der Waals surface area contributed by atoms with E-state index >= 15 is 0 Å². The van der Waals surface area contributed by atoms with Crippen molar-refractivity contribution in [2.45, 2.75) is 24.3 Å². The number of rotatable bonds is 5. The standard InChI is InChI=1S/C16H19NO3S/c1-13-8-10-15(11-9-13)21(19,20)17-16(2,12-18)14-6-4-3-5-7-14/h3-11,17-18H,12H2,1-2H3/t16-/m0/s1. The van der Waals surface area contributed by atoms with Crippen LogP contribution in [0.15, 0.2) is 59.5 Å². The van der Waals surface area contributed by atoms with Crippen molar-refractivity contribution < 1.29 is 13.5 Å². The van der Waals surface area contributed by atoms with Crippen LogP contribution in [0.2, 0.25) is 0 Å². The smallest absolute Gasteiger partial charge is 0.241 e. The summed E-state index contributed by atoms with van der Waals surface area (Å²) < 4.78 is 27.5. The minimum Gasteiger partial charge on any atom is -0.394 e. The third-order valence-corrected chi connectivity index (χ3v) is 5.03. The van der Waals surface area contributed by atoms with Crippen molar-refractivity contribution in [3.05, 3.63) is 65.7 Å². The highest BCUT2D eigenvalue weighted by molar-refractivity contribution is 7.89. The molecule has 0 aromatic heterocycles. The van der Waals surface area contributed by atoms with Crippen molar-refractivity contribution in [1.82, 2.24) is 4.72 Å². The molecule has 2 N–H and O–H groups in total. The first-order valence-electron chi connectivity index (χ1n) is 6.64. The molecule has 0 bridgehead atoms. The third-order valence-electron chi connectivity index (χ3n) is 3.42. The zero-order chi connectivity index (χ0) is 15.5. The lowest BCUT2D eigenvalue weighted by molar-refractivity contribution is 0.196. The summed E-state index contributed by atoms with van der Waals surface area (Å²) in [6, 6.07) is 15.6. The van der Waals surface area contributed by atoms with Crippen molar-refractivity contribution in [3.8, 4) is 0 Å². The molecule has 0 saturated carbocycles. The van der Waals surface area contributed by atoms with Crippen LogP contribution in [0, 0.1) is 6.92 Å². The highest BCUT2D eigenvalue weighted by Crippen LogP contribution is 2.23. The van der Waals surface area contributed by atoms with Gasteiger partial charge in [-0.1, -0.05) is 48.0 Å². The highest BCUT2D eigenvalue weighted by atomic mass is 32.2. The summed E-state index contributed by atoms with van der Waals surface area (Å²) in [7, 11) is -3.70. The zero-order valence-electron chi connectivity index (χ0n) is 12.1. The van der Waals surface area contributed by atoms with E-state index in [1.807, 2.05) is 25.1 Å². The minimum absolute atomic E-state index is 0.184. The van der Waals surface area contributed by atoms with Gasteiger partial charge in [-0.15, -0.1) is 0 Å². The number of benzene rings is 2. The predicted molar refractivity (Wildman–Crippen MR) is 82.4 cm³/mol. The van der Waals surface area contributed by atoms with Gasteiger partial charge in [-0.3, -0.25) is 0 Å². The number of nitrogens with one attached hydrogen (secondary N) is 1. The fourth-order valence-corrected chi connectivity index (χ4v) is 3.45. The van der Waals surface area contributed by atoms with Gasteiger partial charge in [0, 0.05) is 0 Å². The second-order valence-corrected chi connectivity index (χ2v) is 6.96. The normalized spacial score (nSPS) is 14.6.